The number of esters is 1. The minimum absolute atomic E-state index is 0.0230. The number of thioether (sulfide) groups is 1. The molecule has 0 unspecified atom stereocenters. The number of alkyl halides is 1. The van der Waals surface area contributed by atoms with Crippen molar-refractivity contribution in [3.8, 4) is 0 Å². The molecule has 2 aliphatic heterocycles. The number of halogens is 1. The van der Waals surface area contributed by atoms with Crippen molar-refractivity contribution in [3.63, 3.8) is 0 Å². The highest BCUT2D eigenvalue weighted by atomic mass is 35.5. The van der Waals surface area contributed by atoms with E-state index in [-0.39, 0.29) is 28.3 Å². The van der Waals surface area contributed by atoms with Crippen LogP contribution in [-0.2, 0) is 20.9 Å². The summed E-state index contributed by atoms with van der Waals surface area (Å²) in [5.74, 6) is -1.18. The first-order chi connectivity index (χ1) is 11.3. The highest BCUT2D eigenvalue weighted by Crippen LogP contribution is 2.50. The van der Waals surface area contributed by atoms with Crippen molar-refractivity contribution in [3.05, 3.63) is 39.9 Å². The second-order valence-corrected chi connectivity index (χ2v) is 8.04. The van der Waals surface area contributed by atoms with Crippen LogP contribution in [0.4, 0.5) is 5.69 Å². The quantitative estimate of drug-likeness (QED) is 0.197. The molecule has 128 valence electrons. The molecule has 3 atom stereocenters. The van der Waals surface area contributed by atoms with Crippen molar-refractivity contribution in [2.45, 2.75) is 23.7 Å². The zero-order chi connectivity index (χ0) is 17.5. The van der Waals surface area contributed by atoms with Gasteiger partial charge in [0.1, 0.15) is 12.0 Å². The van der Waals surface area contributed by atoms with Gasteiger partial charge in [-0.1, -0.05) is 0 Å². The topological polar surface area (TPSA) is 89.8 Å². The molecular formula is C15H15ClN2O5S. The summed E-state index contributed by atoms with van der Waals surface area (Å²) in [6.07, 6.45) is 0. The van der Waals surface area contributed by atoms with E-state index in [1.807, 2.05) is 6.92 Å². The molecule has 0 aromatic heterocycles. The van der Waals surface area contributed by atoms with Gasteiger partial charge in [0.15, 0.2) is 5.92 Å². The van der Waals surface area contributed by atoms with Crippen molar-refractivity contribution < 1.29 is 19.2 Å². The van der Waals surface area contributed by atoms with Crippen LogP contribution in [0.3, 0.4) is 0 Å². The molecule has 0 saturated carbocycles. The van der Waals surface area contributed by atoms with E-state index in [9.17, 15) is 19.7 Å². The van der Waals surface area contributed by atoms with Crippen molar-refractivity contribution >= 4 is 40.9 Å². The predicted molar refractivity (Wildman–Crippen MR) is 88.6 cm³/mol. The van der Waals surface area contributed by atoms with Crippen LogP contribution in [-0.4, -0.2) is 44.2 Å². The number of amides is 1. The maximum absolute atomic E-state index is 12.2. The van der Waals surface area contributed by atoms with Gasteiger partial charge in [-0.2, -0.15) is 0 Å². The van der Waals surface area contributed by atoms with Gasteiger partial charge in [-0.3, -0.25) is 19.7 Å². The molecule has 1 aromatic carbocycles. The Morgan fingerprint density at radius 3 is 2.75 bits per heavy atom. The lowest BCUT2D eigenvalue weighted by atomic mass is 9.97. The number of nitrogens with zero attached hydrogens (tertiary/aromatic N) is 2. The van der Waals surface area contributed by atoms with Gasteiger partial charge in [-0.15, -0.1) is 23.4 Å². The lowest BCUT2D eigenvalue weighted by Crippen LogP contribution is -2.60. The highest BCUT2D eigenvalue weighted by Gasteiger charge is 2.60. The van der Waals surface area contributed by atoms with Crippen LogP contribution in [0.1, 0.15) is 12.5 Å². The van der Waals surface area contributed by atoms with Crippen LogP contribution in [0.25, 0.3) is 0 Å². The number of nitro groups is 1. The maximum Gasteiger partial charge on any atom is 0.321 e. The van der Waals surface area contributed by atoms with Crippen molar-refractivity contribution in [2.24, 2.45) is 5.92 Å². The fraction of sp³-hybridized carbons (Fsp3) is 0.467. The molecule has 9 heteroatoms. The summed E-state index contributed by atoms with van der Waals surface area (Å²) in [4.78, 5) is 36.1. The number of β-lactam (4-membered cyclic amide) rings is 1. The zero-order valence-electron chi connectivity index (χ0n) is 12.8. The Morgan fingerprint density at radius 1 is 1.50 bits per heavy atom. The molecule has 1 aromatic rings. The number of hydrogen-bond donors (Lipinski definition) is 0. The lowest BCUT2D eigenvalue weighted by Gasteiger charge is -2.39. The van der Waals surface area contributed by atoms with Crippen molar-refractivity contribution in [2.75, 3.05) is 12.4 Å². The van der Waals surface area contributed by atoms with Crippen LogP contribution in [0.15, 0.2) is 24.3 Å². The summed E-state index contributed by atoms with van der Waals surface area (Å²) in [6, 6.07) is 5.74. The largest absolute Gasteiger partial charge is 0.460 e. The first-order valence-corrected chi connectivity index (χ1v) is 8.70. The molecular weight excluding hydrogens is 356 g/mol. The van der Waals surface area contributed by atoms with Crippen molar-refractivity contribution in [1.82, 2.24) is 4.90 Å². The summed E-state index contributed by atoms with van der Waals surface area (Å²) in [5, 5.41) is 10.4. The van der Waals surface area contributed by atoms with Gasteiger partial charge in [0.25, 0.3) is 5.69 Å². The summed E-state index contributed by atoms with van der Waals surface area (Å²) in [7, 11) is 0. The number of non-ortho nitro benzene ring substituents is 1. The number of ether oxygens (including phenoxy) is 1. The molecule has 2 aliphatic rings. The van der Waals surface area contributed by atoms with Crippen LogP contribution in [0.5, 0.6) is 0 Å². The van der Waals surface area contributed by atoms with E-state index < -0.39 is 16.8 Å². The molecule has 2 heterocycles. The summed E-state index contributed by atoms with van der Waals surface area (Å²) in [5.41, 5.74) is 0.597. The Bertz CT molecular complexity index is 698. The van der Waals surface area contributed by atoms with Gasteiger partial charge < -0.3 is 9.64 Å². The number of fused-ring (bicyclic) bond motifs is 1. The Hall–Kier alpha value is -1.80. The summed E-state index contributed by atoms with van der Waals surface area (Å²) < 4.78 is 4.97. The number of carbonyl (C=O) groups excluding carboxylic acids is 2. The van der Waals surface area contributed by atoms with Crippen molar-refractivity contribution in [1.29, 1.82) is 0 Å². The molecule has 1 amide bonds. The summed E-state index contributed by atoms with van der Waals surface area (Å²) in [6.45, 7) is 2.48. The molecule has 3 rings (SSSR count). The zero-order valence-corrected chi connectivity index (χ0v) is 14.4. The van der Waals surface area contributed by atoms with Crippen LogP contribution >= 0.6 is 23.4 Å². The Balaban J connectivity index is 1.58. The number of hydrogen-bond acceptors (Lipinski definition) is 6. The third-order valence-electron chi connectivity index (χ3n) is 4.12. The molecule has 0 aliphatic carbocycles. The Kier molecular flexibility index (Phi) is 4.44. The number of rotatable bonds is 5. The van der Waals surface area contributed by atoms with E-state index in [1.165, 1.54) is 36.0 Å². The lowest BCUT2D eigenvalue weighted by molar-refractivity contribution is -0.384. The Labute approximate surface area is 147 Å². The van der Waals surface area contributed by atoms with Crippen LogP contribution in [0, 0.1) is 16.0 Å². The van der Waals surface area contributed by atoms with Gasteiger partial charge in [0.2, 0.25) is 5.91 Å². The van der Waals surface area contributed by atoms with Gasteiger partial charge >= 0.3 is 5.97 Å². The van der Waals surface area contributed by atoms with E-state index in [2.05, 4.69) is 0 Å². The molecule has 0 radical (unpaired) electrons. The average molecular weight is 371 g/mol. The molecule has 2 fully saturated rings. The average Bonchev–Trinajstić information content (AvgIpc) is 2.87. The Morgan fingerprint density at radius 2 is 2.17 bits per heavy atom. The first-order valence-electron chi connectivity index (χ1n) is 7.29. The van der Waals surface area contributed by atoms with E-state index in [0.717, 1.165) is 0 Å². The second kappa shape index (κ2) is 6.25. The number of benzene rings is 1. The third-order valence-corrected chi connectivity index (χ3v) is 6.48. The van der Waals surface area contributed by atoms with E-state index in [1.54, 1.807) is 4.90 Å². The minimum atomic E-state index is -0.793. The minimum Gasteiger partial charge on any atom is -0.460 e. The normalized spacial score (nSPS) is 28.2. The molecule has 0 spiro atoms. The molecule has 0 N–H and O–H groups in total. The fourth-order valence-electron chi connectivity index (χ4n) is 2.76. The second-order valence-electron chi connectivity index (χ2n) is 6.07. The SMILES string of the molecule is C[C@]1(CCl)CN2C(=O)[C@H](C(=O)OCc3ccc([N+](=O)[O-])cc3)[C@H]2S1. The maximum atomic E-state index is 12.2. The number of nitro benzene ring substituents is 1. The molecule has 7 nitrogen and oxygen atoms in total. The van der Waals surface area contributed by atoms with Gasteiger partial charge in [0.05, 0.1) is 4.92 Å². The van der Waals surface area contributed by atoms with Gasteiger partial charge in [0, 0.05) is 29.3 Å². The number of carbonyl (C=O) groups is 2. The van der Waals surface area contributed by atoms with E-state index in [0.29, 0.717) is 18.0 Å². The highest BCUT2D eigenvalue weighted by molar-refractivity contribution is 8.01. The van der Waals surface area contributed by atoms with Crippen LogP contribution < -0.4 is 0 Å². The third kappa shape index (κ3) is 2.95. The predicted octanol–water partition coefficient (Wildman–Crippen LogP) is 2.17. The van der Waals surface area contributed by atoms with Crippen LogP contribution in [0.2, 0.25) is 0 Å². The monoisotopic (exact) mass is 370 g/mol. The molecule has 0 bridgehead atoms. The van der Waals surface area contributed by atoms with E-state index >= 15 is 0 Å². The van der Waals surface area contributed by atoms with Gasteiger partial charge in [-0.25, -0.2) is 0 Å². The van der Waals surface area contributed by atoms with E-state index in [4.69, 9.17) is 16.3 Å². The summed E-state index contributed by atoms with van der Waals surface area (Å²) >= 11 is 7.46. The molecule has 24 heavy (non-hydrogen) atoms. The molecule has 2 saturated heterocycles. The van der Waals surface area contributed by atoms with Gasteiger partial charge in [-0.05, 0) is 24.6 Å². The standard InChI is InChI=1S/C15H15ClN2O5S/c1-15(7-16)8-17-12(19)11(13(17)24-15)14(20)23-6-9-2-4-10(5-3-9)18(21)22/h2-5,11,13H,6-8H2,1H3/t11-,13+,15-/m0/s1. The smallest absolute Gasteiger partial charge is 0.321 e. The fourth-order valence-corrected chi connectivity index (χ4v) is 4.56. The first kappa shape index (κ1) is 17.0.